The summed E-state index contributed by atoms with van der Waals surface area (Å²) >= 11 is 0. The van der Waals surface area contributed by atoms with Crippen molar-refractivity contribution in [2.75, 3.05) is 13.7 Å². The molecule has 1 aromatic rings. The van der Waals surface area contributed by atoms with Crippen molar-refractivity contribution in [3.05, 3.63) is 23.7 Å². The number of ether oxygens (including phenoxy) is 1. The van der Waals surface area contributed by atoms with Gasteiger partial charge in [-0.3, -0.25) is 0 Å². The lowest BCUT2D eigenvalue weighted by molar-refractivity contribution is 0.0600. The summed E-state index contributed by atoms with van der Waals surface area (Å²) in [4.78, 5) is 11.2. The van der Waals surface area contributed by atoms with E-state index in [4.69, 9.17) is 4.42 Å². The molecule has 1 rings (SSSR count). The molecule has 1 heterocycles. The molecule has 0 aliphatic rings. The van der Waals surface area contributed by atoms with Crippen molar-refractivity contribution in [2.45, 2.75) is 33.2 Å². The molecule has 96 valence electrons. The molecule has 0 saturated heterocycles. The molecule has 0 aliphatic heterocycles. The summed E-state index contributed by atoms with van der Waals surface area (Å²) in [6.07, 6.45) is 3.80. The van der Waals surface area contributed by atoms with Crippen LogP contribution in [-0.2, 0) is 11.3 Å². The summed E-state index contributed by atoms with van der Waals surface area (Å²) in [5.41, 5.74) is 0.464. The first kappa shape index (κ1) is 13.8. The Balaban J connectivity index is 2.23. The second-order valence-electron chi connectivity index (χ2n) is 4.51. The fraction of sp³-hybridized carbons (Fsp3) is 0.615. The van der Waals surface area contributed by atoms with E-state index in [1.54, 1.807) is 6.07 Å². The molecule has 17 heavy (non-hydrogen) atoms. The maximum atomic E-state index is 11.2. The van der Waals surface area contributed by atoms with Crippen LogP contribution in [0, 0.1) is 5.92 Å². The normalized spacial score (nSPS) is 10.8. The monoisotopic (exact) mass is 239 g/mol. The Morgan fingerprint density at radius 1 is 1.53 bits per heavy atom. The van der Waals surface area contributed by atoms with Crippen LogP contribution in [0.4, 0.5) is 0 Å². The van der Waals surface area contributed by atoms with Gasteiger partial charge in [-0.2, -0.15) is 0 Å². The molecular formula is C13H21NO3. The lowest BCUT2D eigenvalue weighted by Crippen LogP contribution is -2.14. The summed E-state index contributed by atoms with van der Waals surface area (Å²) in [5.74, 6) is 1.14. The third kappa shape index (κ3) is 5.04. The van der Waals surface area contributed by atoms with E-state index in [2.05, 4.69) is 23.9 Å². The number of furan rings is 1. The number of carbonyl (C=O) groups is 1. The highest BCUT2D eigenvalue weighted by atomic mass is 16.5. The molecule has 0 unspecified atom stereocenters. The minimum absolute atomic E-state index is 0.361. The SMILES string of the molecule is COC(=O)c1coc(CNCCCC(C)C)c1. The fourth-order valence-electron chi connectivity index (χ4n) is 1.55. The topological polar surface area (TPSA) is 51.5 Å². The highest BCUT2D eigenvalue weighted by Gasteiger charge is 2.09. The third-order valence-electron chi connectivity index (χ3n) is 2.51. The molecule has 0 saturated carbocycles. The first-order valence-corrected chi connectivity index (χ1v) is 6.00. The molecule has 4 nitrogen and oxygen atoms in total. The van der Waals surface area contributed by atoms with Crippen molar-refractivity contribution in [2.24, 2.45) is 5.92 Å². The molecule has 0 bridgehead atoms. The quantitative estimate of drug-likeness (QED) is 0.587. The molecule has 1 N–H and O–H groups in total. The first-order chi connectivity index (χ1) is 8.13. The smallest absolute Gasteiger partial charge is 0.341 e. The molecule has 0 aliphatic carbocycles. The zero-order chi connectivity index (χ0) is 12.7. The third-order valence-corrected chi connectivity index (χ3v) is 2.51. The molecule has 4 heteroatoms. The maximum Gasteiger partial charge on any atom is 0.341 e. The van der Waals surface area contributed by atoms with Gasteiger partial charge in [-0.25, -0.2) is 4.79 Å². The summed E-state index contributed by atoms with van der Waals surface area (Å²) in [6.45, 7) is 6.05. The van der Waals surface area contributed by atoms with E-state index in [1.165, 1.54) is 19.8 Å². The predicted molar refractivity (Wildman–Crippen MR) is 65.8 cm³/mol. The summed E-state index contributed by atoms with van der Waals surface area (Å²) in [5, 5.41) is 3.28. The summed E-state index contributed by atoms with van der Waals surface area (Å²) in [7, 11) is 1.36. The van der Waals surface area contributed by atoms with Gasteiger partial charge in [0.25, 0.3) is 0 Å². The highest BCUT2D eigenvalue weighted by Crippen LogP contribution is 2.09. The van der Waals surface area contributed by atoms with Gasteiger partial charge in [-0.05, 0) is 31.4 Å². The van der Waals surface area contributed by atoms with Crippen LogP contribution in [-0.4, -0.2) is 19.6 Å². The lowest BCUT2D eigenvalue weighted by Gasteiger charge is -2.04. The summed E-state index contributed by atoms with van der Waals surface area (Å²) in [6, 6.07) is 1.71. The number of nitrogens with one attached hydrogen (secondary N) is 1. The van der Waals surface area contributed by atoms with Crippen LogP contribution in [0.2, 0.25) is 0 Å². The molecule has 0 aromatic carbocycles. The van der Waals surface area contributed by atoms with Crippen LogP contribution in [0.1, 0.15) is 42.8 Å². The maximum absolute atomic E-state index is 11.2. The number of hydrogen-bond donors (Lipinski definition) is 1. The van der Waals surface area contributed by atoms with Gasteiger partial charge in [0, 0.05) is 0 Å². The molecule has 0 atom stereocenters. The van der Waals surface area contributed by atoms with Gasteiger partial charge in [0.2, 0.25) is 0 Å². The van der Waals surface area contributed by atoms with Crippen molar-refractivity contribution in [3.8, 4) is 0 Å². The number of hydrogen-bond acceptors (Lipinski definition) is 4. The average molecular weight is 239 g/mol. The van der Waals surface area contributed by atoms with E-state index >= 15 is 0 Å². The minimum Gasteiger partial charge on any atom is -0.467 e. The number of rotatable bonds is 7. The molecular weight excluding hydrogens is 218 g/mol. The number of carbonyl (C=O) groups excluding carboxylic acids is 1. The Morgan fingerprint density at radius 2 is 2.29 bits per heavy atom. The number of esters is 1. The van der Waals surface area contributed by atoms with Crippen LogP contribution < -0.4 is 5.32 Å². The fourth-order valence-corrected chi connectivity index (χ4v) is 1.55. The van der Waals surface area contributed by atoms with Gasteiger partial charge in [0.15, 0.2) is 0 Å². The average Bonchev–Trinajstić information content (AvgIpc) is 2.76. The van der Waals surface area contributed by atoms with Crippen LogP contribution >= 0.6 is 0 Å². The largest absolute Gasteiger partial charge is 0.467 e. The van der Waals surface area contributed by atoms with Crippen LogP contribution in [0.3, 0.4) is 0 Å². The lowest BCUT2D eigenvalue weighted by atomic mass is 10.1. The molecule has 0 fully saturated rings. The van der Waals surface area contributed by atoms with Crippen LogP contribution in [0.25, 0.3) is 0 Å². The molecule has 1 aromatic heterocycles. The van der Waals surface area contributed by atoms with Crippen molar-refractivity contribution in [1.29, 1.82) is 0 Å². The summed E-state index contributed by atoms with van der Waals surface area (Å²) < 4.78 is 9.85. The standard InChI is InChI=1S/C13H21NO3/c1-10(2)5-4-6-14-8-12-7-11(9-17-12)13(15)16-3/h7,9-10,14H,4-6,8H2,1-3H3. The van der Waals surface area contributed by atoms with Crippen molar-refractivity contribution >= 4 is 5.97 Å². The van der Waals surface area contributed by atoms with Gasteiger partial charge < -0.3 is 14.5 Å². The zero-order valence-electron chi connectivity index (χ0n) is 10.8. The molecule has 0 radical (unpaired) electrons. The Hall–Kier alpha value is -1.29. The van der Waals surface area contributed by atoms with Gasteiger partial charge in [-0.1, -0.05) is 13.8 Å². The van der Waals surface area contributed by atoms with E-state index in [0.29, 0.717) is 12.1 Å². The van der Waals surface area contributed by atoms with Gasteiger partial charge in [0.1, 0.15) is 12.0 Å². The number of methoxy groups -OCH3 is 1. The second-order valence-corrected chi connectivity index (χ2v) is 4.51. The predicted octanol–water partition coefficient (Wildman–Crippen LogP) is 2.59. The zero-order valence-corrected chi connectivity index (χ0v) is 10.8. The van der Waals surface area contributed by atoms with Crippen molar-refractivity contribution < 1.29 is 13.9 Å². The van der Waals surface area contributed by atoms with Crippen LogP contribution in [0.15, 0.2) is 16.7 Å². The van der Waals surface area contributed by atoms with E-state index in [0.717, 1.165) is 24.6 Å². The Labute approximate surface area is 102 Å². The van der Waals surface area contributed by atoms with E-state index < -0.39 is 0 Å². The highest BCUT2D eigenvalue weighted by molar-refractivity contribution is 5.88. The van der Waals surface area contributed by atoms with Gasteiger partial charge in [0.05, 0.1) is 19.2 Å². The molecule has 0 spiro atoms. The van der Waals surface area contributed by atoms with Crippen molar-refractivity contribution in [3.63, 3.8) is 0 Å². The minimum atomic E-state index is -0.361. The van der Waals surface area contributed by atoms with E-state index in [1.807, 2.05) is 0 Å². The van der Waals surface area contributed by atoms with E-state index in [-0.39, 0.29) is 5.97 Å². The molecule has 0 amide bonds. The van der Waals surface area contributed by atoms with E-state index in [9.17, 15) is 4.79 Å². The first-order valence-electron chi connectivity index (χ1n) is 6.00. The van der Waals surface area contributed by atoms with Crippen LogP contribution in [0.5, 0.6) is 0 Å². The van der Waals surface area contributed by atoms with Crippen molar-refractivity contribution in [1.82, 2.24) is 5.32 Å². The van der Waals surface area contributed by atoms with Gasteiger partial charge >= 0.3 is 5.97 Å². The second kappa shape index (κ2) is 7.12. The van der Waals surface area contributed by atoms with Gasteiger partial charge in [-0.15, -0.1) is 0 Å². The Morgan fingerprint density at radius 3 is 2.94 bits per heavy atom. The Bertz CT molecular complexity index is 344. The Kier molecular flexibility index (Phi) is 5.77.